The van der Waals surface area contributed by atoms with Crippen molar-refractivity contribution in [2.24, 2.45) is 5.73 Å². The third-order valence-corrected chi connectivity index (χ3v) is 2.00. The zero-order valence-corrected chi connectivity index (χ0v) is 8.24. The summed E-state index contributed by atoms with van der Waals surface area (Å²) in [6.07, 6.45) is 0.0380. The summed E-state index contributed by atoms with van der Waals surface area (Å²) in [5.41, 5.74) is 5.80. The fraction of sp³-hybridized carbons (Fsp3) is 0.300. The fourth-order valence-corrected chi connectivity index (χ4v) is 1.23. The molecule has 0 amide bonds. The number of benzene rings is 1. The summed E-state index contributed by atoms with van der Waals surface area (Å²) in [5.74, 6) is -1.13. The number of halogens is 1. The van der Waals surface area contributed by atoms with Crippen molar-refractivity contribution in [1.82, 2.24) is 0 Å². The van der Waals surface area contributed by atoms with E-state index in [0.717, 1.165) is 0 Å². The minimum atomic E-state index is -1.12. The summed E-state index contributed by atoms with van der Waals surface area (Å²) >= 11 is 0. The third-order valence-electron chi connectivity index (χ3n) is 2.00. The van der Waals surface area contributed by atoms with Crippen molar-refractivity contribution in [2.45, 2.75) is 12.5 Å². The number of nitrogens with two attached hydrogens (primary N) is 1. The average molecular weight is 212 g/mol. The summed E-state index contributed by atoms with van der Waals surface area (Å²) in [6.45, 7) is 0. The van der Waals surface area contributed by atoms with Gasteiger partial charge in [-0.3, -0.25) is 4.79 Å². The molecule has 0 aliphatic carbocycles. The van der Waals surface area contributed by atoms with Crippen molar-refractivity contribution < 1.29 is 19.0 Å². The second-order valence-electron chi connectivity index (χ2n) is 3.11. The molecule has 5 heteroatoms. The second kappa shape index (κ2) is 4.75. The SMILES string of the molecule is COc1ccc([18F])cc1CC(N)C(=O)O. The number of rotatable bonds is 4. The van der Waals surface area contributed by atoms with Crippen LogP contribution in [-0.4, -0.2) is 24.2 Å². The molecule has 82 valence electrons. The summed E-state index contributed by atoms with van der Waals surface area (Å²) in [5, 5.41) is 8.62. The first-order valence-electron chi connectivity index (χ1n) is 4.35. The maximum Gasteiger partial charge on any atom is 0.320 e. The van der Waals surface area contributed by atoms with Crippen LogP contribution in [0.4, 0.5) is 4.39 Å². The summed E-state index contributed by atoms with van der Waals surface area (Å²) in [6, 6.07) is 2.86. The summed E-state index contributed by atoms with van der Waals surface area (Å²) in [4.78, 5) is 10.5. The lowest BCUT2D eigenvalue weighted by Crippen LogP contribution is -2.32. The van der Waals surface area contributed by atoms with Crippen LogP contribution in [0.3, 0.4) is 0 Å². The van der Waals surface area contributed by atoms with Gasteiger partial charge in [0.1, 0.15) is 17.6 Å². The number of hydrogen-bond acceptors (Lipinski definition) is 3. The van der Waals surface area contributed by atoms with E-state index in [1.165, 1.54) is 25.3 Å². The summed E-state index contributed by atoms with van der Waals surface area (Å²) in [7, 11) is 1.43. The van der Waals surface area contributed by atoms with E-state index < -0.39 is 17.8 Å². The molecule has 0 aliphatic rings. The molecule has 1 atom stereocenters. The lowest BCUT2D eigenvalue weighted by atomic mass is 10.1. The average Bonchev–Trinajstić information content (AvgIpc) is 2.18. The molecule has 1 unspecified atom stereocenters. The number of ether oxygens (including phenoxy) is 1. The Hall–Kier alpha value is -1.62. The van der Waals surface area contributed by atoms with E-state index in [1.54, 1.807) is 0 Å². The number of carboxylic acids is 1. The number of methoxy groups -OCH3 is 1. The first-order chi connectivity index (χ1) is 7.04. The second-order valence-corrected chi connectivity index (χ2v) is 3.11. The van der Waals surface area contributed by atoms with Gasteiger partial charge >= 0.3 is 5.97 Å². The van der Waals surface area contributed by atoms with Crippen LogP contribution >= 0.6 is 0 Å². The van der Waals surface area contributed by atoms with Gasteiger partial charge in [-0.05, 0) is 23.8 Å². The maximum atomic E-state index is 12.9. The van der Waals surface area contributed by atoms with Gasteiger partial charge < -0.3 is 15.6 Å². The van der Waals surface area contributed by atoms with Crippen LogP contribution in [0.25, 0.3) is 0 Å². The predicted octanol–water partition coefficient (Wildman–Crippen LogP) is 0.789. The van der Waals surface area contributed by atoms with Crippen molar-refractivity contribution in [2.75, 3.05) is 7.11 Å². The Morgan fingerprint density at radius 3 is 2.87 bits per heavy atom. The number of aliphatic carboxylic acids is 1. The molecular formula is C10H12FNO3. The topological polar surface area (TPSA) is 72.5 Å². The first kappa shape index (κ1) is 11.5. The Bertz CT molecular complexity index is 368. The molecule has 0 aliphatic heterocycles. The van der Waals surface area contributed by atoms with E-state index >= 15 is 0 Å². The molecule has 1 aromatic rings. The van der Waals surface area contributed by atoms with E-state index in [2.05, 4.69) is 0 Å². The molecular weight excluding hydrogens is 200 g/mol. The van der Waals surface area contributed by atoms with Crippen LogP contribution in [0.5, 0.6) is 5.75 Å². The van der Waals surface area contributed by atoms with Crippen LogP contribution < -0.4 is 10.5 Å². The Morgan fingerprint density at radius 1 is 1.67 bits per heavy atom. The molecule has 0 saturated carbocycles. The van der Waals surface area contributed by atoms with E-state index in [0.29, 0.717) is 11.3 Å². The van der Waals surface area contributed by atoms with Crippen molar-refractivity contribution in [3.63, 3.8) is 0 Å². The van der Waals surface area contributed by atoms with Gasteiger partial charge in [-0.15, -0.1) is 0 Å². The van der Waals surface area contributed by atoms with Gasteiger partial charge in [0.15, 0.2) is 0 Å². The van der Waals surface area contributed by atoms with Gasteiger partial charge in [0, 0.05) is 6.42 Å². The fourth-order valence-electron chi connectivity index (χ4n) is 1.23. The maximum absolute atomic E-state index is 12.9. The standard InChI is InChI=1S/C10H12FNO3/c1-15-9-3-2-7(11)4-6(9)5-8(12)10(13)14/h2-4,8H,5,12H2,1H3,(H,13,14)/i11-1. The molecule has 0 fully saturated rings. The molecule has 0 aromatic heterocycles. The molecule has 1 aromatic carbocycles. The Balaban J connectivity index is 2.91. The number of carbonyl (C=O) groups is 1. The highest BCUT2D eigenvalue weighted by Crippen LogP contribution is 2.20. The normalized spacial score (nSPS) is 12.2. The number of carboxylic acid groups (broad SMARTS) is 1. The van der Waals surface area contributed by atoms with Crippen LogP contribution in [0.15, 0.2) is 18.2 Å². The Morgan fingerprint density at radius 2 is 2.33 bits per heavy atom. The number of hydrogen-bond donors (Lipinski definition) is 2. The minimum Gasteiger partial charge on any atom is -0.496 e. The zero-order chi connectivity index (χ0) is 11.4. The largest absolute Gasteiger partial charge is 0.496 e. The minimum absolute atomic E-state index is 0.0380. The lowest BCUT2D eigenvalue weighted by molar-refractivity contribution is -0.138. The van der Waals surface area contributed by atoms with Crippen LogP contribution in [0.2, 0.25) is 0 Å². The smallest absolute Gasteiger partial charge is 0.320 e. The molecule has 4 nitrogen and oxygen atoms in total. The highest BCUT2D eigenvalue weighted by Gasteiger charge is 2.15. The van der Waals surface area contributed by atoms with Gasteiger partial charge in [-0.25, -0.2) is 4.39 Å². The molecule has 15 heavy (non-hydrogen) atoms. The molecule has 0 radical (unpaired) electrons. The van der Waals surface area contributed by atoms with Crippen molar-refractivity contribution >= 4 is 5.97 Å². The van der Waals surface area contributed by atoms with Gasteiger partial charge in [-0.1, -0.05) is 0 Å². The van der Waals surface area contributed by atoms with Crippen molar-refractivity contribution in [1.29, 1.82) is 0 Å². The highest BCUT2D eigenvalue weighted by molar-refractivity contribution is 5.73. The molecule has 0 saturated heterocycles. The molecule has 0 spiro atoms. The predicted molar refractivity (Wildman–Crippen MR) is 52.3 cm³/mol. The van der Waals surface area contributed by atoms with Gasteiger partial charge in [0.05, 0.1) is 7.11 Å². The molecule has 0 bridgehead atoms. The Labute approximate surface area is 86.5 Å². The summed E-state index contributed by atoms with van der Waals surface area (Å²) < 4.78 is 17.9. The molecule has 3 N–H and O–H groups in total. The quantitative estimate of drug-likeness (QED) is 0.773. The van der Waals surface area contributed by atoms with Crippen LogP contribution in [-0.2, 0) is 11.2 Å². The van der Waals surface area contributed by atoms with E-state index in [9.17, 15) is 9.18 Å². The van der Waals surface area contributed by atoms with Crippen molar-refractivity contribution in [3.8, 4) is 5.75 Å². The van der Waals surface area contributed by atoms with E-state index in [1.807, 2.05) is 0 Å². The van der Waals surface area contributed by atoms with E-state index in [-0.39, 0.29) is 6.42 Å². The zero-order valence-electron chi connectivity index (χ0n) is 8.24. The van der Waals surface area contributed by atoms with Gasteiger partial charge in [-0.2, -0.15) is 0 Å². The van der Waals surface area contributed by atoms with Crippen molar-refractivity contribution in [3.05, 3.63) is 29.6 Å². The van der Waals surface area contributed by atoms with Crippen LogP contribution in [0.1, 0.15) is 5.56 Å². The van der Waals surface area contributed by atoms with Crippen LogP contribution in [0, 0.1) is 5.82 Å². The third kappa shape index (κ3) is 2.92. The molecule has 1 rings (SSSR count). The molecule has 0 heterocycles. The van der Waals surface area contributed by atoms with Gasteiger partial charge in [0.2, 0.25) is 0 Å². The highest BCUT2D eigenvalue weighted by atomic mass is 18.2. The monoisotopic (exact) mass is 212 g/mol. The Kier molecular flexibility index (Phi) is 3.62. The van der Waals surface area contributed by atoms with E-state index in [4.69, 9.17) is 15.6 Å². The van der Waals surface area contributed by atoms with Gasteiger partial charge in [0.25, 0.3) is 0 Å². The first-order valence-corrected chi connectivity index (χ1v) is 4.35. The lowest BCUT2D eigenvalue weighted by Gasteiger charge is -2.10.